The highest BCUT2D eigenvalue weighted by molar-refractivity contribution is 5.57. The van der Waals surface area contributed by atoms with Crippen LogP contribution in [0.25, 0.3) is 5.65 Å². The van der Waals surface area contributed by atoms with Gasteiger partial charge in [-0.15, -0.1) is 5.10 Å². The van der Waals surface area contributed by atoms with Crippen LogP contribution in [0.15, 0.2) is 30.5 Å². The third-order valence-electron chi connectivity index (χ3n) is 6.66. The highest BCUT2D eigenvalue weighted by atomic mass is 19.4. The van der Waals surface area contributed by atoms with Gasteiger partial charge in [0.25, 0.3) is 0 Å². The molecule has 3 aromatic rings. The molecule has 1 unspecified atom stereocenters. The molecule has 0 amide bonds. The van der Waals surface area contributed by atoms with Gasteiger partial charge in [-0.1, -0.05) is 0 Å². The summed E-state index contributed by atoms with van der Waals surface area (Å²) in [6.45, 7) is -0.982. The van der Waals surface area contributed by atoms with E-state index >= 15 is 0 Å². The lowest BCUT2D eigenvalue weighted by Crippen LogP contribution is -2.48. The smallest absolute Gasteiger partial charge is 0.433 e. The molecule has 206 valence electrons. The standard InChI is InChI=1S/C22H19F9N6O/c23-20(24,25)10-38-14-3-4-16(22(29,30)31)37-18(14)34-19(35-37)33-17-11-1-2-12(17)9-36(8-11)13-5-6-32-15(7-13)21(26,27)28/h3-7,11-12,17H,1-2,8-10H2,(H,33,35)/t11-,12+,17?. The largest absolute Gasteiger partial charge is 0.480 e. The molecule has 2 bridgehead atoms. The summed E-state index contributed by atoms with van der Waals surface area (Å²) >= 11 is 0. The molecule has 1 aliphatic heterocycles. The number of ether oxygens (including phenoxy) is 1. The van der Waals surface area contributed by atoms with Crippen molar-refractivity contribution in [1.82, 2.24) is 19.6 Å². The normalized spacial score (nSPS) is 22.2. The van der Waals surface area contributed by atoms with E-state index in [-0.39, 0.29) is 23.8 Å². The Bertz CT molecular complexity index is 1310. The van der Waals surface area contributed by atoms with Gasteiger partial charge < -0.3 is 15.0 Å². The van der Waals surface area contributed by atoms with Crippen LogP contribution < -0.4 is 15.0 Å². The van der Waals surface area contributed by atoms with Gasteiger partial charge in [0.15, 0.2) is 18.0 Å². The van der Waals surface area contributed by atoms with Crippen molar-refractivity contribution in [3.8, 4) is 5.75 Å². The summed E-state index contributed by atoms with van der Waals surface area (Å²) in [5.74, 6) is -0.930. The summed E-state index contributed by atoms with van der Waals surface area (Å²) in [4.78, 5) is 9.17. The van der Waals surface area contributed by atoms with Crippen molar-refractivity contribution in [2.75, 3.05) is 29.9 Å². The van der Waals surface area contributed by atoms with Crippen LogP contribution in [0.3, 0.4) is 0 Å². The van der Waals surface area contributed by atoms with E-state index in [9.17, 15) is 39.5 Å². The molecule has 0 radical (unpaired) electrons. The first kappa shape index (κ1) is 26.2. The number of rotatable bonds is 5. The molecule has 4 heterocycles. The van der Waals surface area contributed by atoms with Gasteiger partial charge in [0.1, 0.15) is 11.4 Å². The second-order valence-corrected chi connectivity index (χ2v) is 9.22. The Balaban J connectivity index is 1.38. The Hall–Kier alpha value is -3.46. The maximum Gasteiger partial charge on any atom is 0.433 e. The number of fused-ring (bicyclic) bond motifs is 3. The molecule has 3 atom stereocenters. The third kappa shape index (κ3) is 5.25. The van der Waals surface area contributed by atoms with Crippen LogP contribution in [0.4, 0.5) is 51.1 Å². The van der Waals surface area contributed by atoms with Crippen LogP contribution >= 0.6 is 0 Å². The molecule has 0 spiro atoms. The second kappa shape index (κ2) is 9.08. The molecule has 1 saturated heterocycles. The maximum absolute atomic E-state index is 13.5. The molecular formula is C22H19F9N6O. The Kier molecular flexibility index (Phi) is 6.25. The van der Waals surface area contributed by atoms with Gasteiger partial charge in [0, 0.05) is 31.0 Å². The lowest BCUT2D eigenvalue weighted by Gasteiger charge is -2.39. The molecule has 1 saturated carbocycles. The number of hydrogen-bond acceptors (Lipinski definition) is 6. The average molecular weight is 554 g/mol. The molecule has 2 fully saturated rings. The molecule has 0 aromatic carbocycles. The van der Waals surface area contributed by atoms with Gasteiger partial charge in [-0.25, -0.2) is 4.52 Å². The summed E-state index contributed by atoms with van der Waals surface area (Å²) < 4.78 is 123. The van der Waals surface area contributed by atoms with Gasteiger partial charge in [0.2, 0.25) is 5.95 Å². The number of pyridine rings is 2. The minimum Gasteiger partial charge on any atom is -0.480 e. The van der Waals surface area contributed by atoms with E-state index in [0.717, 1.165) is 18.3 Å². The van der Waals surface area contributed by atoms with Crippen LogP contribution in [0.5, 0.6) is 5.75 Å². The number of anilines is 2. The predicted molar refractivity (Wildman–Crippen MR) is 115 cm³/mol. The zero-order valence-corrected chi connectivity index (χ0v) is 19.2. The van der Waals surface area contributed by atoms with Crippen molar-refractivity contribution in [1.29, 1.82) is 0 Å². The van der Waals surface area contributed by atoms with Gasteiger partial charge in [0.05, 0.1) is 0 Å². The minimum atomic E-state index is -4.87. The van der Waals surface area contributed by atoms with Gasteiger partial charge in [-0.05, 0) is 48.9 Å². The van der Waals surface area contributed by atoms with Gasteiger partial charge in [-0.2, -0.15) is 44.5 Å². The quantitative estimate of drug-likeness (QED) is 0.425. The van der Waals surface area contributed by atoms with Gasteiger partial charge >= 0.3 is 18.5 Å². The minimum absolute atomic E-state index is 0.0918. The lowest BCUT2D eigenvalue weighted by molar-refractivity contribution is -0.153. The highest BCUT2D eigenvalue weighted by Gasteiger charge is 2.43. The van der Waals surface area contributed by atoms with Gasteiger partial charge in [-0.3, -0.25) is 4.98 Å². The maximum atomic E-state index is 13.5. The number of piperidine rings is 1. The van der Waals surface area contributed by atoms with Crippen molar-refractivity contribution in [2.45, 2.75) is 37.4 Å². The SMILES string of the molecule is FC(F)(F)COc1ccc(C(F)(F)F)n2nc(NC3[C@@H]4CC[C@H]3CN(c3ccnc(C(F)(F)F)c3)C4)nc12. The van der Waals surface area contributed by atoms with E-state index in [4.69, 9.17) is 0 Å². The fourth-order valence-corrected chi connectivity index (χ4v) is 5.08. The van der Waals surface area contributed by atoms with Crippen molar-refractivity contribution in [3.05, 3.63) is 41.9 Å². The van der Waals surface area contributed by atoms with Crippen molar-refractivity contribution >= 4 is 17.3 Å². The molecule has 16 heteroatoms. The fourth-order valence-electron chi connectivity index (χ4n) is 5.08. The third-order valence-corrected chi connectivity index (χ3v) is 6.66. The monoisotopic (exact) mass is 554 g/mol. The molecule has 2 aliphatic rings. The van der Waals surface area contributed by atoms with E-state index in [1.54, 1.807) is 4.90 Å². The molecule has 5 rings (SSSR count). The van der Waals surface area contributed by atoms with Crippen molar-refractivity contribution in [2.24, 2.45) is 11.8 Å². The summed E-state index contributed by atoms with van der Waals surface area (Å²) in [6, 6.07) is 3.46. The molecule has 1 aliphatic carbocycles. The first-order valence-electron chi connectivity index (χ1n) is 11.4. The lowest BCUT2D eigenvalue weighted by atomic mass is 9.92. The predicted octanol–water partition coefficient (Wildman–Crippen LogP) is 5.43. The van der Waals surface area contributed by atoms with E-state index in [1.807, 2.05) is 0 Å². The Morgan fingerprint density at radius 1 is 0.921 bits per heavy atom. The number of alkyl halides is 9. The van der Waals surface area contributed by atoms with Crippen LogP contribution in [-0.2, 0) is 12.4 Å². The number of nitrogens with zero attached hydrogens (tertiary/aromatic N) is 5. The van der Waals surface area contributed by atoms with Crippen LogP contribution in [0.1, 0.15) is 24.2 Å². The van der Waals surface area contributed by atoms with Crippen molar-refractivity contribution < 1.29 is 44.3 Å². The number of hydrogen-bond donors (Lipinski definition) is 1. The Labute approximate surface area is 208 Å². The van der Waals surface area contributed by atoms with E-state index in [2.05, 4.69) is 25.1 Å². The number of nitrogens with one attached hydrogen (secondary N) is 1. The summed E-state index contributed by atoms with van der Waals surface area (Å²) in [7, 11) is 0. The molecule has 1 N–H and O–H groups in total. The molecule has 3 aromatic heterocycles. The Morgan fingerprint density at radius 2 is 1.61 bits per heavy atom. The number of aromatic nitrogens is 4. The highest BCUT2D eigenvalue weighted by Crippen LogP contribution is 2.41. The van der Waals surface area contributed by atoms with E-state index in [0.29, 0.717) is 42.2 Å². The molecule has 7 nitrogen and oxygen atoms in total. The first-order chi connectivity index (χ1) is 17.7. The van der Waals surface area contributed by atoms with E-state index in [1.165, 1.54) is 6.07 Å². The second-order valence-electron chi connectivity index (χ2n) is 9.22. The molecular weight excluding hydrogens is 535 g/mol. The van der Waals surface area contributed by atoms with Crippen LogP contribution in [0, 0.1) is 11.8 Å². The van der Waals surface area contributed by atoms with Crippen molar-refractivity contribution in [3.63, 3.8) is 0 Å². The zero-order chi connectivity index (χ0) is 27.5. The summed E-state index contributed by atoms with van der Waals surface area (Å²) in [5.41, 5.74) is -2.44. The summed E-state index contributed by atoms with van der Waals surface area (Å²) in [5, 5.41) is 6.87. The number of halogens is 9. The summed E-state index contributed by atoms with van der Waals surface area (Å²) in [6.07, 6.45) is -11.7. The molecule has 38 heavy (non-hydrogen) atoms. The van der Waals surface area contributed by atoms with Crippen LogP contribution in [-0.4, -0.2) is 51.5 Å². The van der Waals surface area contributed by atoms with E-state index < -0.39 is 47.9 Å². The average Bonchev–Trinajstić information content (AvgIpc) is 3.32. The topological polar surface area (TPSA) is 67.6 Å². The fraction of sp³-hybridized carbons (Fsp3) is 0.500. The first-order valence-corrected chi connectivity index (χ1v) is 11.4. The Morgan fingerprint density at radius 3 is 2.21 bits per heavy atom. The zero-order valence-electron chi connectivity index (χ0n) is 19.2. The van der Waals surface area contributed by atoms with Crippen LogP contribution in [0.2, 0.25) is 0 Å².